The monoisotopic (exact) mass is 789 g/mol. The standard InChI is InChI=1S/C42H55N5O8S/c1-4-31-23-42(31,40(50)46-56(52,53)33-17-18-33)45-37(48)35-22-32-24-47(35)39(49)36(29-12-8-6-9-13-29)44-41(51)54-25-30(26(2)3)14-10-5-7-11-27-15-16-28-19-20-43-38(55-32)34(28)21-27/h4,7,11,15-16,19-21,26,29-33,35-36H,1,5-6,8-10,12-14,17-18,22-25H2,2-3H3,(H,44,51)(H,45,48)(H,46,50)/b11-7+/t30?,31-,32-,35+,36+,42-/m1/s1. The van der Waals surface area contributed by atoms with Gasteiger partial charge in [0.15, 0.2) is 0 Å². The third-order valence-corrected chi connectivity index (χ3v) is 14.2. The fraction of sp³-hybridized carbons (Fsp3) is 0.595. The molecule has 4 fully saturated rings. The number of benzene rings is 1. The van der Waals surface area contributed by atoms with E-state index in [1.807, 2.05) is 24.3 Å². The largest absolute Gasteiger partial charge is 0.472 e. The molecule has 1 aromatic heterocycles. The van der Waals surface area contributed by atoms with Gasteiger partial charge in [-0.1, -0.05) is 63.5 Å². The van der Waals surface area contributed by atoms with Crippen LogP contribution in [0, 0.1) is 23.7 Å². The molecule has 6 atom stereocenters. The highest BCUT2D eigenvalue weighted by atomic mass is 32.2. The summed E-state index contributed by atoms with van der Waals surface area (Å²) in [5.41, 5.74) is -0.550. The second-order valence-corrected chi connectivity index (χ2v) is 18.7. The molecule has 3 N–H and O–H groups in total. The summed E-state index contributed by atoms with van der Waals surface area (Å²) < 4.78 is 40.1. The summed E-state index contributed by atoms with van der Waals surface area (Å²) in [6.07, 6.45) is 14.2. The Morgan fingerprint density at radius 1 is 1.07 bits per heavy atom. The van der Waals surface area contributed by atoms with Crippen molar-refractivity contribution in [3.05, 3.63) is 54.8 Å². The van der Waals surface area contributed by atoms with Crippen molar-refractivity contribution in [3.63, 3.8) is 0 Å². The Morgan fingerprint density at radius 3 is 2.57 bits per heavy atom. The number of cyclic esters (lactones) is 1. The summed E-state index contributed by atoms with van der Waals surface area (Å²) in [5.74, 6) is -1.76. The third-order valence-electron chi connectivity index (χ3n) is 12.4. The summed E-state index contributed by atoms with van der Waals surface area (Å²) in [7, 11) is -3.89. The normalized spacial score (nSPS) is 29.8. The van der Waals surface area contributed by atoms with Gasteiger partial charge >= 0.3 is 6.09 Å². The van der Waals surface area contributed by atoms with Gasteiger partial charge in [-0.25, -0.2) is 18.2 Å². The van der Waals surface area contributed by atoms with Crippen LogP contribution >= 0.6 is 0 Å². The Balaban J connectivity index is 1.22. The van der Waals surface area contributed by atoms with Crippen LogP contribution in [-0.4, -0.2) is 84.2 Å². The smallest absolute Gasteiger partial charge is 0.407 e. The molecule has 13 nitrogen and oxygen atoms in total. The fourth-order valence-electron chi connectivity index (χ4n) is 8.61. The zero-order chi connectivity index (χ0) is 39.6. The van der Waals surface area contributed by atoms with E-state index in [-0.39, 0.29) is 43.7 Å². The number of rotatable bonds is 8. The summed E-state index contributed by atoms with van der Waals surface area (Å²) >= 11 is 0. The van der Waals surface area contributed by atoms with Gasteiger partial charge in [-0.15, -0.1) is 6.58 Å². The molecule has 3 aliphatic carbocycles. The van der Waals surface area contributed by atoms with Crippen LogP contribution in [0.15, 0.2) is 49.2 Å². The lowest BCUT2D eigenvalue weighted by atomic mass is 9.83. The molecule has 4 amide bonds. The van der Waals surface area contributed by atoms with Crippen LogP contribution in [0.4, 0.5) is 4.79 Å². The Bertz CT molecular complexity index is 1980. The zero-order valence-electron chi connectivity index (χ0n) is 32.4. The average molecular weight is 790 g/mol. The molecule has 2 aliphatic heterocycles. The van der Waals surface area contributed by atoms with Crippen LogP contribution in [0.1, 0.15) is 96.5 Å². The molecule has 1 aromatic carbocycles. The molecule has 56 heavy (non-hydrogen) atoms. The number of amides is 4. The summed E-state index contributed by atoms with van der Waals surface area (Å²) in [4.78, 5) is 62.5. The number of nitrogens with one attached hydrogen (secondary N) is 3. The van der Waals surface area contributed by atoms with Crippen molar-refractivity contribution >= 4 is 50.7 Å². The molecular weight excluding hydrogens is 735 g/mol. The minimum absolute atomic E-state index is 0.0180. The number of fused-ring (bicyclic) bond motifs is 3. The number of carbonyl (C=O) groups excluding carboxylic acids is 4. The lowest BCUT2D eigenvalue weighted by Crippen LogP contribution is -2.59. The second kappa shape index (κ2) is 16.6. The highest BCUT2D eigenvalue weighted by molar-refractivity contribution is 7.91. The van der Waals surface area contributed by atoms with Crippen LogP contribution in [0.5, 0.6) is 5.88 Å². The van der Waals surface area contributed by atoms with Crippen LogP contribution in [-0.2, 0) is 29.1 Å². The highest BCUT2D eigenvalue weighted by Crippen LogP contribution is 2.45. The number of allylic oxidation sites excluding steroid dienone is 1. The molecule has 0 radical (unpaired) electrons. The van der Waals surface area contributed by atoms with Gasteiger partial charge in [0.2, 0.25) is 27.7 Å². The number of carbonyl (C=O) groups is 4. The fourth-order valence-corrected chi connectivity index (χ4v) is 9.98. The molecule has 1 unspecified atom stereocenters. The molecule has 5 aliphatic rings. The van der Waals surface area contributed by atoms with E-state index in [0.717, 1.165) is 67.7 Å². The molecule has 3 saturated carbocycles. The minimum Gasteiger partial charge on any atom is -0.472 e. The van der Waals surface area contributed by atoms with Crippen LogP contribution in [0.2, 0.25) is 0 Å². The maximum absolute atomic E-state index is 14.9. The van der Waals surface area contributed by atoms with Crippen molar-refractivity contribution in [1.82, 2.24) is 25.2 Å². The van der Waals surface area contributed by atoms with Crippen molar-refractivity contribution in [2.75, 3.05) is 13.2 Å². The van der Waals surface area contributed by atoms with E-state index in [2.05, 4.69) is 52.9 Å². The number of alkyl carbamates (subject to hydrolysis) is 1. The van der Waals surface area contributed by atoms with Gasteiger partial charge < -0.3 is 25.0 Å². The Morgan fingerprint density at radius 2 is 1.86 bits per heavy atom. The second-order valence-electron chi connectivity index (χ2n) is 16.7. The first-order valence-electron chi connectivity index (χ1n) is 20.3. The Labute approximate surface area is 329 Å². The molecule has 302 valence electrons. The summed E-state index contributed by atoms with van der Waals surface area (Å²) in [6, 6.07) is 5.93. The van der Waals surface area contributed by atoms with E-state index in [1.54, 1.807) is 6.20 Å². The number of ether oxygens (including phenoxy) is 2. The van der Waals surface area contributed by atoms with E-state index >= 15 is 0 Å². The van der Waals surface area contributed by atoms with E-state index in [9.17, 15) is 27.6 Å². The van der Waals surface area contributed by atoms with Gasteiger partial charge in [0.25, 0.3) is 5.91 Å². The van der Waals surface area contributed by atoms with Crippen molar-refractivity contribution < 1.29 is 37.1 Å². The van der Waals surface area contributed by atoms with Gasteiger partial charge in [-0.3, -0.25) is 19.1 Å². The molecule has 4 bridgehead atoms. The summed E-state index contributed by atoms with van der Waals surface area (Å²) in [6.45, 7) is 8.28. The molecular formula is C42H55N5O8S. The first kappa shape index (κ1) is 39.8. The summed E-state index contributed by atoms with van der Waals surface area (Å²) in [5, 5.41) is 6.87. The number of aromatic nitrogens is 1. The first-order valence-corrected chi connectivity index (χ1v) is 21.9. The van der Waals surface area contributed by atoms with Crippen molar-refractivity contribution in [3.8, 4) is 5.88 Å². The van der Waals surface area contributed by atoms with Gasteiger partial charge in [-0.05, 0) is 92.2 Å². The lowest BCUT2D eigenvalue weighted by molar-refractivity contribution is -0.142. The molecule has 1 saturated heterocycles. The van der Waals surface area contributed by atoms with E-state index in [1.165, 1.54) is 11.0 Å². The maximum Gasteiger partial charge on any atom is 0.407 e. The molecule has 7 rings (SSSR count). The number of sulfonamides is 1. The van der Waals surface area contributed by atoms with Gasteiger partial charge in [-0.2, -0.15) is 0 Å². The Hall–Kier alpha value is -4.46. The number of hydrogen-bond acceptors (Lipinski definition) is 9. The third kappa shape index (κ3) is 8.74. The van der Waals surface area contributed by atoms with Crippen LogP contribution in [0.3, 0.4) is 0 Å². The molecule has 0 spiro atoms. The zero-order valence-corrected chi connectivity index (χ0v) is 33.2. The minimum atomic E-state index is -3.89. The van der Waals surface area contributed by atoms with Gasteiger partial charge in [0.1, 0.15) is 23.7 Å². The predicted octanol–water partition coefficient (Wildman–Crippen LogP) is 5.40. The van der Waals surface area contributed by atoms with Gasteiger partial charge in [0.05, 0.1) is 18.4 Å². The van der Waals surface area contributed by atoms with Crippen LogP contribution in [0.25, 0.3) is 16.8 Å². The lowest BCUT2D eigenvalue weighted by Gasteiger charge is -2.34. The van der Waals surface area contributed by atoms with Crippen molar-refractivity contribution in [2.24, 2.45) is 23.7 Å². The predicted molar refractivity (Wildman–Crippen MR) is 212 cm³/mol. The molecule has 2 aromatic rings. The van der Waals surface area contributed by atoms with E-state index < -0.39 is 68.7 Å². The molecule has 14 heteroatoms. The van der Waals surface area contributed by atoms with Crippen LogP contribution < -0.4 is 20.1 Å². The van der Waals surface area contributed by atoms with Crippen molar-refractivity contribution in [2.45, 2.75) is 120 Å². The first-order chi connectivity index (χ1) is 26.9. The number of pyridine rings is 1. The number of nitrogens with zero attached hydrogens (tertiary/aromatic N) is 2. The number of hydrogen-bond donors (Lipinski definition) is 3. The Kier molecular flexibility index (Phi) is 11.8. The average Bonchev–Trinajstić information content (AvgIpc) is 4.11. The van der Waals surface area contributed by atoms with Gasteiger partial charge in [0, 0.05) is 23.9 Å². The highest BCUT2D eigenvalue weighted by Gasteiger charge is 2.62. The van der Waals surface area contributed by atoms with E-state index in [0.29, 0.717) is 18.7 Å². The molecule has 3 heterocycles. The topological polar surface area (TPSA) is 173 Å². The van der Waals surface area contributed by atoms with E-state index in [4.69, 9.17) is 9.47 Å². The quantitative estimate of drug-likeness (QED) is 0.296. The SMILES string of the molecule is C=C[C@@H]1C[C@]1(NC(=O)[C@@H]1C[C@@H]2CN1C(=O)[C@H](C1CCCCC1)NC(=O)OCC(C(C)C)CCC/C=C/c1ccc3ccnc(c3c1)O2)C(=O)NS(=O)(=O)C1CC1. The maximum atomic E-state index is 14.9. The van der Waals surface area contributed by atoms with Crippen molar-refractivity contribution in [1.29, 1.82) is 0 Å².